The third kappa shape index (κ3) is 2.65. The highest BCUT2D eigenvalue weighted by atomic mass is 16.5. The molecule has 1 N–H and O–H groups in total. The molecule has 0 aliphatic carbocycles. The topological polar surface area (TPSA) is 128 Å². The van der Waals surface area contributed by atoms with Gasteiger partial charge in [0.05, 0.1) is 18.0 Å². The molecule has 0 aromatic carbocycles. The van der Waals surface area contributed by atoms with E-state index < -0.39 is 5.54 Å². The normalized spacial score (nSPS) is 16.0. The monoisotopic (exact) mass is 405 g/mol. The molecule has 1 fully saturated rings. The van der Waals surface area contributed by atoms with E-state index in [0.717, 1.165) is 16.9 Å². The standard InChI is InChI=1S/C19H19N9O2/c1-12-7-15-25-22-11-27(15)9-13(12)23-17-21-8-14-16(24-17)28(18(29)26(14)2)19(10-20)3-5-30-6-4-19/h7-9,11H,3-6H2,1-2H3,(H,21,23,24). The number of fused-ring (bicyclic) bond motifs is 2. The van der Waals surface area contributed by atoms with Gasteiger partial charge in [-0.1, -0.05) is 0 Å². The molecule has 4 aromatic rings. The highest BCUT2D eigenvalue weighted by Gasteiger charge is 2.38. The second kappa shape index (κ2) is 6.64. The Morgan fingerprint density at radius 1 is 1.33 bits per heavy atom. The molecule has 0 atom stereocenters. The van der Waals surface area contributed by atoms with Crippen LogP contribution in [0.15, 0.2) is 29.6 Å². The van der Waals surface area contributed by atoms with Crippen LogP contribution in [0, 0.1) is 18.3 Å². The van der Waals surface area contributed by atoms with E-state index >= 15 is 0 Å². The second-order valence-corrected chi connectivity index (χ2v) is 7.43. The molecule has 0 unspecified atom stereocenters. The van der Waals surface area contributed by atoms with Gasteiger partial charge in [-0.25, -0.2) is 9.78 Å². The Balaban J connectivity index is 1.64. The predicted molar refractivity (Wildman–Crippen MR) is 107 cm³/mol. The third-order valence-corrected chi connectivity index (χ3v) is 5.64. The van der Waals surface area contributed by atoms with Crippen molar-refractivity contribution in [3.63, 3.8) is 0 Å². The fraction of sp³-hybridized carbons (Fsp3) is 0.368. The van der Waals surface area contributed by atoms with Gasteiger partial charge in [-0.15, -0.1) is 10.2 Å². The first-order valence-corrected chi connectivity index (χ1v) is 9.53. The Labute approximate surface area is 170 Å². The van der Waals surface area contributed by atoms with Gasteiger partial charge in [0, 0.05) is 39.3 Å². The molecular weight excluding hydrogens is 386 g/mol. The summed E-state index contributed by atoms with van der Waals surface area (Å²) >= 11 is 0. The van der Waals surface area contributed by atoms with Crippen LogP contribution in [0.4, 0.5) is 11.6 Å². The van der Waals surface area contributed by atoms with Crippen LogP contribution in [-0.2, 0) is 17.3 Å². The zero-order valence-electron chi connectivity index (χ0n) is 16.5. The molecule has 11 heteroatoms. The molecule has 152 valence electrons. The third-order valence-electron chi connectivity index (χ3n) is 5.64. The summed E-state index contributed by atoms with van der Waals surface area (Å²) in [6, 6.07) is 4.25. The summed E-state index contributed by atoms with van der Waals surface area (Å²) in [6.45, 7) is 2.79. The van der Waals surface area contributed by atoms with E-state index in [-0.39, 0.29) is 5.69 Å². The van der Waals surface area contributed by atoms with Crippen LogP contribution in [0.2, 0.25) is 0 Å². The average molecular weight is 405 g/mol. The summed E-state index contributed by atoms with van der Waals surface area (Å²) in [6.07, 6.45) is 5.92. The van der Waals surface area contributed by atoms with E-state index in [1.54, 1.807) is 24.0 Å². The second-order valence-electron chi connectivity index (χ2n) is 7.43. The van der Waals surface area contributed by atoms with Crippen molar-refractivity contribution in [2.45, 2.75) is 25.3 Å². The first-order valence-electron chi connectivity index (χ1n) is 9.53. The lowest BCUT2D eigenvalue weighted by molar-refractivity contribution is 0.0448. The molecule has 1 saturated heterocycles. The minimum Gasteiger partial charge on any atom is -0.381 e. The maximum absolute atomic E-state index is 13.0. The number of nitrogens with zero attached hydrogens (tertiary/aromatic N) is 8. The van der Waals surface area contributed by atoms with Crippen molar-refractivity contribution in [1.29, 1.82) is 5.26 Å². The lowest BCUT2D eigenvalue weighted by Gasteiger charge is -2.31. The minimum atomic E-state index is -0.988. The molecule has 1 aliphatic heterocycles. The molecule has 1 aliphatic rings. The molecule has 0 spiro atoms. The molecule has 0 radical (unpaired) electrons. The largest absolute Gasteiger partial charge is 0.381 e. The highest BCUT2D eigenvalue weighted by molar-refractivity contribution is 5.74. The number of anilines is 2. The molecule has 4 aromatic heterocycles. The predicted octanol–water partition coefficient (Wildman–Crippen LogP) is 1.25. The minimum absolute atomic E-state index is 0.290. The quantitative estimate of drug-likeness (QED) is 0.539. The Hall–Kier alpha value is -3.78. The lowest BCUT2D eigenvalue weighted by atomic mass is 9.91. The molecule has 5 rings (SSSR count). The first kappa shape index (κ1) is 18.3. The fourth-order valence-electron chi connectivity index (χ4n) is 3.87. The highest BCUT2D eigenvalue weighted by Crippen LogP contribution is 2.30. The van der Waals surface area contributed by atoms with Crippen LogP contribution in [0.25, 0.3) is 16.8 Å². The van der Waals surface area contributed by atoms with Crippen LogP contribution in [0.1, 0.15) is 18.4 Å². The number of hydrogen-bond acceptors (Lipinski definition) is 8. The smallest absolute Gasteiger partial charge is 0.331 e. The summed E-state index contributed by atoms with van der Waals surface area (Å²) in [4.78, 5) is 22.0. The van der Waals surface area contributed by atoms with Gasteiger partial charge in [-0.2, -0.15) is 10.2 Å². The number of imidazole rings is 1. The van der Waals surface area contributed by atoms with E-state index in [9.17, 15) is 10.1 Å². The van der Waals surface area contributed by atoms with Crippen LogP contribution in [-0.4, -0.2) is 46.9 Å². The number of aryl methyl sites for hydroxylation is 2. The molecular formula is C19H19N9O2. The summed E-state index contributed by atoms with van der Waals surface area (Å²) in [7, 11) is 1.66. The number of pyridine rings is 1. The Kier molecular flexibility index (Phi) is 4.04. The van der Waals surface area contributed by atoms with Crippen molar-refractivity contribution in [3.8, 4) is 6.07 Å². The van der Waals surface area contributed by atoms with E-state index in [4.69, 9.17) is 4.74 Å². The summed E-state index contributed by atoms with van der Waals surface area (Å²) in [5.74, 6) is 0.331. The first-order chi connectivity index (χ1) is 14.5. The number of aromatic nitrogens is 7. The molecule has 5 heterocycles. The van der Waals surface area contributed by atoms with Crippen molar-refractivity contribution in [3.05, 3.63) is 40.8 Å². The molecule has 30 heavy (non-hydrogen) atoms. The molecule has 0 amide bonds. The summed E-state index contributed by atoms with van der Waals surface area (Å²) in [5, 5.41) is 21.1. The molecule has 11 nitrogen and oxygen atoms in total. The number of ether oxygens (including phenoxy) is 1. The van der Waals surface area contributed by atoms with E-state index in [1.807, 2.05) is 19.2 Å². The van der Waals surface area contributed by atoms with Gasteiger partial charge in [0.25, 0.3) is 0 Å². The molecule has 0 bridgehead atoms. The van der Waals surface area contributed by atoms with Crippen LogP contribution in [0.3, 0.4) is 0 Å². The number of nitriles is 1. The SMILES string of the molecule is Cc1cc2nncn2cc1Nc1ncc2c(n1)n(C1(C#N)CCOCC1)c(=O)n2C. The van der Waals surface area contributed by atoms with Crippen molar-refractivity contribution in [1.82, 2.24) is 33.7 Å². The maximum atomic E-state index is 13.0. The lowest BCUT2D eigenvalue weighted by Crippen LogP contribution is -2.44. The number of hydrogen-bond donors (Lipinski definition) is 1. The summed E-state index contributed by atoms with van der Waals surface area (Å²) < 4.78 is 10.2. The van der Waals surface area contributed by atoms with E-state index in [2.05, 4.69) is 31.6 Å². The molecule has 0 saturated carbocycles. The number of nitrogens with one attached hydrogen (secondary N) is 1. The summed E-state index contributed by atoms with van der Waals surface area (Å²) in [5.41, 5.74) is 2.18. The van der Waals surface area contributed by atoms with Crippen LogP contribution in [0.5, 0.6) is 0 Å². The van der Waals surface area contributed by atoms with E-state index in [1.165, 1.54) is 9.13 Å². The zero-order chi connectivity index (χ0) is 20.9. The number of rotatable bonds is 3. The van der Waals surface area contributed by atoms with Gasteiger partial charge >= 0.3 is 5.69 Å². The van der Waals surface area contributed by atoms with Crippen molar-refractivity contribution < 1.29 is 4.74 Å². The van der Waals surface area contributed by atoms with Gasteiger partial charge in [0.15, 0.2) is 11.3 Å². The van der Waals surface area contributed by atoms with Crippen molar-refractivity contribution in [2.24, 2.45) is 7.05 Å². The van der Waals surface area contributed by atoms with Gasteiger partial charge < -0.3 is 10.1 Å². The van der Waals surface area contributed by atoms with Crippen LogP contribution >= 0.6 is 0 Å². The maximum Gasteiger partial charge on any atom is 0.331 e. The zero-order valence-corrected chi connectivity index (χ0v) is 16.5. The van der Waals surface area contributed by atoms with Gasteiger partial charge in [-0.05, 0) is 18.6 Å². The Morgan fingerprint density at radius 2 is 2.13 bits per heavy atom. The van der Waals surface area contributed by atoms with Gasteiger partial charge in [-0.3, -0.25) is 13.5 Å². The van der Waals surface area contributed by atoms with Gasteiger partial charge in [0.1, 0.15) is 17.4 Å². The van der Waals surface area contributed by atoms with Crippen molar-refractivity contribution in [2.75, 3.05) is 18.5 Å². The fourth-order valence-corrected chi connectivity index (χ4v) is 3.87. The average Bonchev–Trinajstić information content (AvgIpc) is 3.31. The van der Waals surface area contributed by atoms with Crippen LogP contribution < -0.4 is 11.0 Å². The Morgan fingerprint density at radius 3 is 2.90 bits per heavy atom. The van der Waals surface area contributed by atoms with Gasteiger partial charge in [0.2, 0.25) is 5.95 Å². The Bertz CT molecular complexity index is 1370. The van der Waals surface area contributed by atoms with E-state index in [0.29, 0.717) is 43.2 Å². The van der Waals surface area contributed by atoms with Crippen molar-refractivity contribution >= 4 is 28.4 Å².